The van der Waals surface area contributed by atoms with Crippen LogP contribution < -0.4 is 5.32 Å². The van der Waals surface area contributed by atoms with Crippen molar-refractivity contribution in [2.75, 3.05) is 39.4 Å². The molecule has 1 amide bonds. The maximum Gasteiger partial charge on any atom is 0.251 e. The van der Waals surface area contributed by atoms with Crippen molar-refractivity contribution in [3.63, 3.8) is 0 Å². The van der Waals surface area contributed by atoms with Gasteiger partial charge < -0.3 is 19.0 Å². The summed E-state index contributed by atoms with van der Waals surface area (Å²) in [7, 11) is 0. The SMILES string of the molecule is O=C(NCCN1CCOCC1)c1ccc2onc(-c3coc(-c4cccs4)n3)c2c1. The van der Waals surface area contributed by atoms with Crippen molar-refractivity contribution >= 4 is 28.2 Å². The molecule has 4 aromatic rings. The van der Waals surface area contributed by atoms with E-state index in [0.717, 1.165) is 43.1 Å². The fraction of sp³-hybridized carbons (Fsp3) is 0.286. The van der Waals surface area contributed by atoms with E-state index in [1.54, 1.807) is 35.8 Å². The van der Waals surface area contributed by atoms with Gasteiger partial charge in [-0.1, -0.05) is 11.2 Å². The van der Waals surface area contributed by atoms with E-state index in [4.69, 9.17) is 13.7 Å². The molecule has 0 saturated carbocycles. The number of hydrogen-bond donors (Lipinski definition) is 1. The van der Waals surface area contributed by atoms with Crippen LogP contribution in [0.15, 0.2) is 50.9 Å². The molecule has 0 unspecified atom stereocenters. The molecule has 0 aliphatic carbocycles. The smallest absolute Gasteiger partial charge is 0.251 e. The summed E-state index contributed by atoms with van der Waals surface area (Å²) in [6.07, 6.45) is 1.56. The average Bonchev–Trinajstić information content (AvgIpc) is 3.53. The maximum atomic E-state index is 12.6. The van der Waals surface area contributed by atoms with E-state index in [1.165, 1.54) is 0 Å². The first-order valence-electron chi connectivity index (χ1n) is 9.75. The molecule has 1 aliphatic heterocycles. The van der Waals surface area contributed by atoms with Gasteiger partial charge in [0.05, 0.1) is 23.5 Å². The molecule has 1 aromatic carbocycles. The van der Waals surface area contributed by atoms with Crippen LogP contribution in [0.4, 0.5) is 0 Å². The predicted molar refractivity (Wildman–Crippen MR) is 112 cm³/mol. The van der Waals surface area contributed by atoms with Crippen molar-refractivity contribution in [1.29, 1.82) is 0 Å². The highest BCUT2D eigenvalue weighted by Gasteiger charge is 2.18. The van der Waals surface area contributed by atoms with E-state index in [1.807, 2.05) is 17.5 Å². The number of thiophene rings is 1. The zero-order valence-electron chi connectivity index (χ0n) is 16.2. The van der Waals surface area contributed by atoms with Gasteiger partial charge in [-0.05, 0) is 29.6 Å². The van der Waals surface area contributed by atoms with Crippen molar-refractivity contribution in [3.05, 3.63) is 47.5 Å². The van der Waals surface area contributed by atoms with E-state index in [9.17, 15) is 4.79 Å². The maximum absolute atomic E-state index is 12.6. The Kier molecular flexibility index (Phi) is 5.31. The fourth-order valence-electron chi connectivity index (χ4n) is 3.41. The number of fused-ring (bicyclic) bond motifs is 1. The average molecular weight is 424 g/mol. The zero-order chi connectivity index (χ0) is 20.3. The van der Waals surface area contributed by atoms with Crippen LogP contribution >= 0.6 is 11.3 Å². The van der Waals surface area contributed by atoms with Gasteiger partial charge in [0.2, 0.25) is 5.89 Å². The van der Waals surface area contributed by atoms with E-state index in [2.05, 4.69) is 20.4 Å². The molecule has 5 rings (SSSR count). The highest BCUT2D eigenvalue weighted by molar-refractivity contribution is 7.13. The van der Waals surface area contributed by atoms with Crippen molar-refractivity contribution in [2.24, 2.45) is 0 Å². The number of carbonyl (C=O) groups is 1. The molecule has 0 spiro atoms. The number of ether oxygens (including phenoxy) is 1. The Labute approximate surface area is 176 Å². The van der Waals surface area contributed by atoms with Crippen LogP contribution in [0.3, 0.4) is 0 Å². The molecule has 1 aliphatic rings. The first kappa shape index (κ1) is 19.0. The second kappa shape index (κ2) is 8.39. The number of carbonyl (C=O) groups excluding carboxylic acids is 1. The lowest BCUT2D eigenvalue weighted by molar-refractivity contribution is 0.0383. The van der Waals surface area contributed by atoms with Gasteiger partial charge in [-0.2, -0.15) is 0 Å². The number of benzene rings is 1. The fourth-order valence-corrected chi connectivity index (χ4v) is 4.07. The van der Waals surface area contributed by atoms with Crippen LogP contribution in [-0.2, 0) is 4.74 Å². The summed E-state index contributed by atoms with van der Waals surface area (Å²) in [5, 5.41) is 9.81. The summed E-state index contributed by atoms with van der Waals surface area (Å²) in [5.74, 6) is 0.407. The molecule has 3 aromatic heterocycles. The number of morpholine rings is 1. The molecule has 0 bridgehead atoms. The molecule has 4 heterocycles. The van der Waals surface area contributed by atoms with Gasteiger partial charge in [-0.3, -0.25) is 9.69 Å². The van der Waals surface area contributed by atoms with Gasteiger partial charge in [0.15, 0.2) is 5.58 Å². The Morgan fingerprint density at radius 3 is 2.97 bits per heavy atom. The molecule has 0 atom stereocenters. The number of hydrogen-bond acceptors (Lipinski definition) is 8. The van der Waals surface area contributed by atoms with E-state index >= 15 is 0 Å². The van der Waals surface area contributed by atoms with Gasteiger partial charge in [0.25, 0.3) is 5.91 Å². The Morgan fingerprint density at radius 1 is 1.23 bits per heavy atom. The Hall–Kier alpha value is -3.01. The first-order valence-corrected chi connectivity index (χ1v) is 10.6. The lowest BCUT2D eigenvalue weighted by Gasteiger charge is -2.26. The third kappa shape index (κ3) is 3.87. The second-order valence-electron chi connectivity index (χ2n) is 6.97. The monoisotopic (exact) mass is 424 g/mol. The number of aromatic nitrogens is 2. The Balaban J connectivity index is 1.32. The second-order valence-corrected chi connectivity index (χ2v) is 7.91. The van der Waals surface area contributed by atoms with E-state index < -0.39 is 0 Å². The lowest BCUT2D eigenvalue weighted by Crippen LogP contribution is -2.41. The number of rotatable bonds is 6. The highest BCUT2D eigenvalue weighted by atomic mass is 32.1. The van der Waals surface area contributed by atoms with Crippen LogP contribution in [0.1, 0.15) is 10.4 Å². The van der Waals surface area contributed by atoms with Crippen molar-refractivity contribution in [2.45, 2.75) is 0 Å². The van der Waals surface area contributed by atoms with Crippen molar-refractivity contribution in [3.8, 4) is 22.2 Å². The van der Waals surface area contributed by atoms with Gasteiger partial charge in [-0.25, -0.2) is 4.98 Å². The minimum absolute atomic E-state index is 0.128. The molecule has 1 fully saturated rings. The molecule has 1 N–H and O–H groups in total. The Morgan fingerprint density at radius 2 is 2.13 bits per heavy atom. The summed E-state index contributed by atoms with van der Waals surface area (Å²) in [6.45, 7) is 4.68. The minimum atomic E-state index is -0.128. The largest absolute Gasteiger partial charge is 0.443 e. The lowest BCUT2D eigenvalue weighted by atomic mass is 10.1. The van der Waals surface area contributed by atoms with Crippen LogP contribution in [0.5, 0.6) is 0 Å². The molecule has 0 radical (unpaired) electrons. The molecular formula is C21H20N4O4S. The summed E-state index contributed by atoms with van der Waals surface area (Å²) in [6, 6.07) is 9.16. The van der Waals surface area contributed by atoms with Crippen molar-refractivity contribution < 1.29 is 18.5 Å². The predicted octanol–water partition coefficient (Wildman–Crippen LogP) is 3.27. The van der Waals surface area contributed by atoms with Crippen LogP contribution in [0, 0.1) is 0 Å². The summed E-state index contributed by atoms with van der Waals surface area (Å²) >= 11 is 1.55. The van der Waals surface area contributed by atoms with Crippen molar-refractivity contribution in [1.82, 2.24) is 20.4 Å². The molecule has 154 valence electrons. The Bertz CT molecular complexity index is 1150. The molecule has 9 heteroatoms. The van der Waals surface area contributed by atoms with E-state index in [-0.39, 0.29) is 5.91 Å². The summed E-state index contributed by atoms with van der Waals surface area (Å²) in [4.78, 5) is 20.4. The third-order valence-corrected chi connectivity index (χ3v) is 5.89. The quantitative estimate of drug-likeness (QED) is 0.508. The number of oxazole rings is 1. The van der Waals surface area contributed by atoms with Crippen LogP contribution in [0.25, 0.3) is 33.1 Å². The third-order valence-electron chi connectivity index (χ3n) is 5.03. The minimum Gasteiger partial charge on any atom is -0.443 e. The number of nitrogens with one attached hydrogen (secondary N) is 1. The van der Waals surface area contributed by atoms with E-state index in [0.29, 0.717) is 35.0 Å². The normalized spacial score (nSPS) is 14.9. The topological polar surface area (TPSA) is 93.6 Å². The van der Waals surface area contributed by atoms with Gasteiger partial charge in [0, 0.05) is 31.7 Å². The van der Waals surface area contributed by atoms with Gasteiger partial charge in [-0.15, -0.1) is 11.3 Å². The van der Waals surface area contributed by atoms with Gasteiger partial charge >= 0.3 is 0 Å². The standard InChI is InChI=1S/C21H20N4O4S/c26-20(22-5-6-25-7-9-27-10-8-25)14-3-4-17-15(12-14)19(24-29-17)16-13-28-21(23-16)18-2-1-11-30-18/h1-4,11-13H,5-10H2,(H,22,26). The molecule has 1 saturated heterocycles. The van der Waals surface area contributed by atoms with Crippen LogP contribution in [-0.4, -0.2) is 60.3 Å². The van der Waals surface area contributed by atoms with Gasteiger partial charge in [0.1, 0.15) is 17.7 Å². The summed E-state index contributed by atoms with van der Waals surface area (Å²) in [5.41, 5.74) is 2.27. The van der Waals surface area contributed by atoms with Crippen LogP contribution in [0.2, 0.25) is 0 Å². The first-order chi connectivity index (χ1) is 14.8. The molecule has 8 nitrogen and oxygen atoms in total. The molecule has 30 heavy (non-hydrogen) atoms. The summed E-state index contributed by atoms with van der Waals surface area (Å²) < 4.78 is 16.4. The molecular weight excluding hydrogens is 404 g/mol. The number of amides is 1. The highest BCUT2D eigenvalue weighted by Crippen LogP contribution is 2.31. The zero-order valence-corrected chi connectivity index (χ0v) is 17.0. The number of nitrogens with zero attached hydrogens (tertiary/aromatic N) is 3.